The van der Waals surface area contributed by atoms with Gasteiger partial charge in [0, 0.05) is 30.1 Å². The number of nitrogens with one attached hydrogen (secondary N) is 2. The van der Waals surface area contributed by atoms with Gasteiger partial charge in [0.15, 0.2) is 11.7 Å². The van der Waals surface area contributed by atoms with Crippen LogP contribution in [0.5, 0.6) is 0 Å². The second-order valence-electron chi connectivity index (χ2n) is 10.8. The lowest BCUT2D eigenvalue weighted by molar-refractivity contribution is -0.156. The number of fused-ring (bicyclic) bond motifs is 6. The summed E-state index contributed by atoms with van der Waals surface area (Å²) in [4.78, 5) is 29.7. The van der Waals surface area contributed by atoms with E-state index in [0.29, 0.717) is 5.92 Å². The number of piperidine rings is 1. The van der Waals surface area contributed by atoms with Crippen LogP contribution in [0.25, 0.3) is 0 Å². The Morgan fingerprint density at radius 3 is 2.58 bits per heavy atom. The average molecular weight is 555 g/mol. The number of nitrogens with zero attached hydrogens (tertiary/aromatic N) is 2. The Kier molecular flexibility index (Phi) is 5.86. The van der Waals surface area contributed by atoms with Crippen molar-refractivity contribution in [2.75, 3.05) is 11.6 Å². The van der Waals surface area contributed by atoms with Gasteiger partial charge in [-0.25, -0.2) is 13.1 Å². The van der Waals surface area contributed by atoms with E-state index in [1.807, 2.05) is 4.90 Å². The molecule has 13 heteroatoms. The van der Waals surface area contributed by atoms with Crippen LogP contribution in [-0.2, 0) is 36.2 Å². The summed E-state index contributed by atoms with van der Waals surface area (Å²) in [6.45, 7) is -0.194. The number of ketones is 1. The van der Waals surface area contributed by atoms with Crippen LogP contribution in [0.4, 0.5) is 5.00 Å². The van der Waals surface area contributed by atoms with Gasteiger partial charge < -0.3 is 10.2 Å². The molecule has 1 amide bonds. The number of amides is 1. The first-order chi connectivity index (χ1) is 17.0. The Morgan fingerprint density at radius 1 is 1.14 bits per heavy atom. The predicted molar refractivity (Wildman–Crippen MR) is 135 cm³/mol. The van der Waals surface area contributed by atoms with Gasteiger partial charge in [-0.05, 0) is 49.3 Å². The average Bonchev–Trinajstić information content (AvgIpc) is 3.53. The van der Waals surface area contributed by atoms with E-state index in [2.05, 4.69) is 14.4 Å². The molecule has 0 spiro atoms. The first-order valence-electron chi connectivity index (χ1n) is 12.6. The fourth-order valence-corrected chi connectivity index (χ4v) is 10.3. The molecule has 3 saturated carbocycles. The van der Waals surface area contributed by atoms with E-state index in [9.17, 15) is 26.4 Å². The van der Waals surface area contributed by atoms with E-state index in [1.54, 1.807) is 5.38 Å². The topological polar surface area (TPSA) is 142 Å². The van der Waals surface area contributed by atoms with Crippen LogP contribution in [-0.4, -0.2) is 57.6 Å². The van der Waals surface area contributed by atoms with Crippen molar-refractivity contribution >= 4 is 53.9 Å². The molecule has 5 unspecified atom stereocenters. The Morgan fingerprint density at radius 2 is 1.86 bits per heavy atom. The minimum absolute atomic E-state index is 0.0742. The Bertz CT molecular complexity index is 1360. The lowest BCUT2D eigenvalue weighted by Crippen LogP contribution is -2.64. The van der Waals surface area contributed by atoms with Gasteiger partial charge in [-0.1, -0.05) is 19.3 Å². The fourth-order valence-electron chi connectivity index (χ4n) is 7.23. The minimum atomic E-state index is -4.24. The summed E-state index contributed by atoms with van der Waals surface area (Å²) in [5.74, 6) is -1.58. The van der Waals surface area contributed by atoms with Gasteiger partial charge in [-0.3, -0.25) is 9.59 Å². The van der Waals surface area contributed by atoms with Gasteiger partial charge in [0.25, 0.3) is 10.0 Å². The van der Waals surface area contributed by atoms with Crippen LogP contribution in [0.3, 0.4) is 0 Å². The second-order valence-corrected chi connectivity index (χ2v) is 15.1. The third-order valence-corrected chi connectivity index (χ3v) is 11.8. The van der Waals surface area contributed by atoms with E-state index in [0.717, 1.165) is 69.0 Å². The first kappa shape index (κ1) is 24.5. The number of likely N-dealkylation sites (tertiary alicyclic amines) is 1. The number of hydrogen-bond acceptors (Lipinski definition) is 8. The number of rotatable bonds is 5. The van der Waals surface area contributed by atoms with Crippen molar-refractivity contribution in [1.29, 1.82) is 0 Å². The summed E-state index contributed by atoms with van der Waals surface area (Å²) in [6.07, 6.45) is 9.03. The first-order valence-corrected chi connectivity index (χ1v) is 16.8. The van der Waals surface area contributed by atoms with E-state index >= 15 is 0 Å². The fraction of sp³-hybridized carbons (Fsp3) is 0.696. The maximum atomic E-state index is 14.0. The van der Waals surface area contributed by atoms with Crippen LogP contribution >= 0.6 is 11.3 Å². The van der Waals surface area contributed by atoms with E-state index < -0.39 is 26.0 Å². The molecule has 3 aliphatic carbocycles. The highest BCUT2D eigenvalue weighted by atomic mass is 32.2. The number of thiophene rings is 1. The molecular weight excluding hydrogens is 524 g/mol. The predicted octanol–water partition coefficient (Wildman–Crippen LogP) is 2.08. The number of anilines is 1. The molecule has 10 nitrogen and oxygen atoms in total. The van der Waals surface area contributed by atoms with Crippen LogP contribution in [0, 0.1) is 23.7 Å². The molecule has 36 heavy (non-hydrogen) atoms. The smallest absolute Gasteiger partial charge is 0.287 e. The molecule has 1 saturated heterocycles. The molecule has 6 rings (SSSR count). The Hall–Kier alpha value is -1.83. The number of amidine groups is 1. The molecule has 0 aromatic carbocycles. The summed E-state index contributed by atoms with van der Waals surface area (Å²) in [5, 5.41) is 4.80. The molecule has 4 fully saturated rings. The molecule has 2 N–H and O–H groups in total. The maximum absolute atomic E-state index is 14.0. The zero-order valence-corrected chi connectivity index (χ0v) is 22.4. The minimum Gasteiger partial charge on any atom is -0.335 e. The van der Waals surface area contributed by atoms with Crippen molar-refractivity contribution in [1.82, 2.24) is 9.62 Å². The third kappa shape index (κ3) is 3.93. The number of sulfonamides is 2. The maximum Gasteiger partial charge on any atom is 0.287 e. The molecule has 2 bridgehead atoms. The van der Waals surface area contributed by atoms with Crippen molar-refractivity contribution in [3.63, 3.8) is 0 Å². The van der Waals surface area contributed by atoms with Crippen molar-refractivity contribution in [2.24, 2.45) is 28.1 Å². The standard InChI is InChI=1S/C23H30N4O6S3/c1-35(30,31)24-10-14-11-34-22-20(14)36(32,33)26-21(25-22)17-19(28)16-12-7-8-13(9-12)18(16)27(23(17)29)15-5-3-2-4-6-15/h11-13,15-18,24H,2-10H2,1H3,(H,25,26). The van der Waals surface area contributed by atoms with Gasteiger partial charge in [-0.15, -0.1) is 15.7 Å². The summed E-state index contributed by atoms with van der Waals surface area (Å²) < 4.78 is 55.8. The van der Waals surface area contributed by atoms with E-state index in [-0.39, 0.29) is 63.5 Å². The number of Topliss-reactive ketones (excluding diaryl/α,β-unsaturated/α-hetero) is 1. The molecular formula is C23H30N4O6S3. The lowest BCUT2D eigenvalue weighted by atomic mass is 9.72. The molecule has 0 radical (unpaired) electrons. The number of carbonyl (C=O) groups is 2. The summed E-state index contributed by atoms with van der Waals surface area (Å²) >= 11 is 1.09. The Labute approximate surface area is 215 Å². The lowest BCUT2D eigenvalue weighted by Gasteiger charge is -2.49. The van der Waals surface area contributed by atoms with Crippen molar-refractivity contribution in [3.05, 3.63) is 10.9 Å². The number of hydrogen-bond donors (Lipinski definition) is 2. The largest absolute Gasteiger partial charge is 0.335 e. The van der Waals surface area contributed by atoms with Crippen molar-refractivity contribution < 1.29 is 26.4 Å². The van der Waals surface area contributed by atoms with Crippen molar-refractivity contribution in [3.8, 4) is 0 Å². The summed E-state index contributed by atoms with van der Waals surface area (Å²) in [6, 6.07) is 0.00957. The highest BCUT2D eigenvalue weighted by Crippen LogP contribution is 2.55. The zero-order chi connectivity index (χ0) is 25.4. The highest BCUT2D eigenvalue weighted by molar-refractivity contribution is 7.91. The van der Waals surface area contributed by atoms with E-state index in [4.69, 9.17) is 0 Å². The van der Waals surface area contributed by atoms with Gasteiger partial charge in [0.1, 0.15) is 15.7 Å². The summed E-state index contributed by atoms with van der Waals surface area (Å²) in [7, 11) is -7.77. The molecule has 3 heterocycles. The molecule has 5 atom stereocenters. The molecule has 2 aliphatic heterocycles. The third-order valence-electron chi connectivity index (χ3n) is 8.61. The zero-order valence-electron chi connectivity index (χ0n) is 20.0. The van der Waals surface area contributed by atoms with Gasteiger partial charge in [0.05, 0.1) is 6.26 Å². The SMILES string of the molecule is CS(=O)(=O)NCc1csc2c1S(=O)(=O)N=C(C1C(=O)C3C4CCC(C4)C3N(C3CCCCC3)C1=O)N2. The number of carbonyl (C=O) groups excluding carboxylic acids is 2. The quantitative estimate of drug-likeness (QED) is 0.531. The molecule has 5 aliphatic rings. The molecule has 196 valence electrons. The normalized spacial score (nSPS) is 33.8. The van der Waals surface area contributed by atoms with Crippen LogP contribution in [0.2, 0.25) is 0 Å². The molecule has 1 aromatic rings. The highest BCUT2D eigenvalue weighted by Gasteiger charge is 2.62. The second kappa shape index (κ2) is 8.60. The van der Waals surface area contributed by atoms with Crippen molar-refractivity contribution in [2.45, 2.75) is 74.9 Å². The van der Waals surface area contributed by atoms with Gasteiger partial charge in [-0.2, -0.15) is 8.42 Å². The molecule has 1 aromatic heterocycles. The Balaban J connectivity index is 1.36. The van der Waals surface area contributed by atoms with Crippen LogP contribution < -0.4 is 10.0 Å². The van der Waals surface area contributed by atoms with Gasteiger partial charge in [0.2, 0.25) is 15.9 Å². The monoisotopic (exact) mass is 554 g/mol. The van der Waals surface area contributed by atoms with Gasteiger partial charge >= 0.3 is 0 Å². The summed E-state index contributed by atoms with van der Waals surface area (Å²) in [5.41, 5.74) is 0.272. The van der Waals surface area contributed by atoms with E-state index in [1.165, 1.54) is 0 Å². The van der Waals surface area contributed by atoms with Crippen LogP contribution in [0.15, 0.2) is 14.7 Å². The van der Waals surface area contributed by atoms with Crippen LogP contribution in [0.1, 0.15) is 56.9 Å².